The third-order valence-electron chi connectivity index (χ3n) is 6.83. The van der Waals surface area contributed by atoms with Gasteiger partial charge in [0.25, 0.3) is 0 Å². The van der Waals surface area contributed by atoms with E-state index in [9.17, 15) is 14.4 Å². The van der Waals surface area contributed by atoms with E-state index in [1.165, 1.54) is 12.0 Å². The van der Waals surface area contributed by atoms with E-state index < -0.39 is 23.2 Å². The van der Waals surface area contributed by atoms with E-state index in [0.29, 0.717) is 22.9 Å². The highest BCUT2D eigenvalue weighted by atomic mass is 16.5. The smallest absolute Gasteiger partial charge is 0.447 e. The molecule has 1 saturated heterocycles. The maximum atomic E-state index is 14.1. The number of rotatable bonds is 7. The summed E-state index contributed by atoms with van der Waals surface area (Å²) in [6, 6.07) is 22.6. The van der Waals surface area contributed by atoms with E-state index in [2.05, 4.69) is 0 Å². The SMILES string of the molecule is COc1cccc(CN2C(=O)N(c3ccccc3)[C@@H](n3oc(=O)n(-c4ccccc4)c3=O)C2(C)C)c1OC. The number of ether oxygens (including phenoxy) is 2. The van der Waals surface area contributed by atoms with Crippen LogP contribution in [0.15, 0.2) is 93.0 Å². The summed E-state index contributed by atoms with van der Waals surface area (Å²) in [5, 5.41) is 0. The molecule has 0 spiro atoms. The number of methoxy groups -OCH3 is 2. The molecule has 0 unspecified atom stereocenters. The molecule has 10 heteroatoms. The molecule has 1 aliphatic rings. The Kier molecular flexibility index (Phi) is 6.31. The number of carbonyl (C=O) groups is 1. The molecule has 0 radical (unpaired) electrons. The molecule has 5 rings (SSSR count). The van der Waals surface area contributed by atoms with Gasteiger partial charge in [0, 0.05) is 11.3 Å². The summed E-state index contributed by atoms with van der Waals surface area (Å²) in [7, 11) is 3.09. The highest BCUT2D eigenvalue weighted by Crippen LogP contribution is 2.44. The van der Waals surface area contributed by atoms with E-state index in [4.69, 9.17) is 14.0 Å². The van der Waals surface area contributed by atoms with Crippen molar-refractivity contribution in [3.05, 3.63) is 105 Å². The molecule has 0 saturated carbocycles. The van der Waals surface area contributed by atoms with Crippen molar-refractivity contribution in [3.8, 4) is 17.2 Å². The number of urea groups is 1. The van der Waals surface area contributed by atoms with E-state index in [1.54, 1.807) is 72.7 Å². The van der Waals surface area contributed by atoms with Crippen LogP contribution >= 0.6 is 0 Å². The van der Waals surface area contributed by atoms with Gasteiger partial charge >= 0.3 is 17.5 Å². The van der Waals surface area contributed by atoms with E-state index >= 15 is 0 Å². The third kappa shape index (κ3) is 3.94. The molecule has 0 aliphatic carbocycles. The summed E-state index contributed by atoms with van der Waals surface area (Å²) < 4.78 is 18.5. The fraction of sp³-hybridized carbons (Fsp3) is 0.250. The van der Waals surface area contributed by atoms with Crippen molar-refractivity contribution in [1.82, 2.24) is 14.2 Å². The number of amides is 2. The fourth-order valence-electron chi connectivity index (χ4n) is 4.98. The molecule has 1 aromatic heterocycles. The minimum Gasteiger partial charge on any atom is -0.493 e. The standard InChI is InChI=1S/C28H28N4O6/c1-28(2)24(32-26(34)31(27(35)38-32)21-15-9-6-10-16-21)30(20-13-7-5-8-14-20)25(33)29(28)18-19-12-11-17-22(36-3)23(19)37-4/h5-17,24H,18H2,1-4H3/t24-/m0/s1. The van der Waals surface area contributed by atoms with Crippen LogP contribution in [0.4, 0.5) is 10.5 Å². The van der Waals surface area contributed by atoms with Crippen molar-refractivity contribution in [2.24, 2.45) is 0 Å². The fourth-order valence-corrected chi connectivity index (χ4v) is 4.98. The topological polar surface area (TPSA) is 99.1 Å². The van der Waals surface area contributed by atoms with Gasteiger partial charge in [0.05, 0.1) is 32.0 Å². The maximum Gasteiger partial charge on any atom is 0.447 e. The zero-order valence-corrected chi connectivity index (χ0v) is 21.5. The van der Waals surface area contributed by atoms with Crippen LogP contribution in [-0.2, 0) is 6.54 Å². The Morgan fingerprint density at radius 1 is 0.816 bits per heavy atom. The Morgan fingerprint density at radius 3 is 2.05 bits per heavy atom. The van der Waals surface area contributed by atoms with Gasteiger partial charge in [0.15, 0.2) is 17.7 Å². The lowest BCUT2D eigenvalue weighted by Crippen LogP contribution is -2.46. The van der Waals surface area contributed by atoms with E-state index in [-0.39, 0.29) is 12.6 Å². The third-order valence-corrected chi connectivity index (χ3v) is 6.83. The molecular formula is C28H28N4O6. The summed E-state index contributed by atoms with van der Waals surface area (Å²) >= 11 is 0. The number of hydrogen-bond acceptors (Lipinski definition) is 6. The lowest BCUT2D eigenvalue weighted by atomic mass is 9.99. The van der Waals surface area contributed by atoms with Gasteiger partial charge in [0.1, 0.15) is 0 Å². The van der Waals surface area contributed by atoms with Crippen LogP contribution < -0.4 is 25.8 Å². The van der Waals surface area contributed by atoms with Gasteiger partial charge in [-0.1, -0.05) is 48.5 Å². The molecule has 1 fully saturated rings. The Morgan fingerprint density at radius 2 is 1.45 bits per heavy atom. The zero-order chi connectivity index (χ0) is 27.0. The van der Waals surface area contributed by atoms with Crippen LogP contribution in [0, 0.1) is 0 Å². The van der Waals surface area contributed by atoms with E-state index in [1.807, 2.05) is 32.0 Å². The minimum absolute atomic E-state index is 0.157. The van der Waals surface area contributed by atoms with Crippen molar-refractivity contribution < 1.29 is 18.8 Å². The van der Waals surface area contributed by atoms with Crippen molar-refractivity contribution in [1.29, 1.82) is 0 Å². The molecule has 3 aromatic carbocycles. The van der Waals surface area contributed by atoms with Crippen LogP contribution in [0.2, 0.25) is 0 Å². The molecule has 0 N–H and O–H groups in total. The summed E-state index contributed by atoms with van der Waals surface area (Å²) in [4.78, 5) is 43.7. The minimum atomic E-state index is -1.01. The highest BCUT2D eigenvalue weighted by Gasteiger charge is 2.55. The largest absolute Gasteiger partial charge is 0.493 e. The number of benzene rings is 3. The van der Waals surface area contributed by atoms with E-state index in [0.717, 1.165) is 14.9 Å². The normalized spacial score (nSPS) is 16.6. The average molecular weight is 517 g/mol. The number of nitrogens with zero attached hydrogens (tertiary/aromatic N) is 4. The maximum absolute atomic E-state index is 14.1. The molecule has 4 aromatic rings. The molecular weight excluding hydrogens is 488 g/mol. The predicted molar refractivity (Wildman–Crippen MR) is 141 cm³/mol. The van der Waals surface area contributed by atoms with Gasteiger partial charge in [-0.15, -0.1) is 4.74 Å². The van der Waals surface area contributed by atoms with Crippen molar-refractivity contribution in [2.45, 2.75) is 32.1 Å². The van der Waals surface area contributed by atoms with Crippen LogP contribution in [0.3, 0.4) is 0 Å². The van der Waals surface area contributed by atoms with Crippen molar-refractivity contribution in [2.75, 3.05) is 19.1 Å². The van der Waals surface area contributed by atoms with Crippen molar-refractivity contribution in [3.63, 3.8) is 0 Å². The first-order valence-electron chi connectivity index (χ1n) is 12.1. The Labute approximate surface area is 218 Å². The van der Waals surface area contributed by atoms with Gasteiger partial charge in [-0.3, -0.25) is 4.90 Å². The van der Waals surface area contributed by atoms with Gasteiger partial charge in [-0.05, 0) is 44.2 Å². The van der Waals surface area contributed by atoms with Gasteiger partial charge in [-0.25, -0.2) is 14.4 Å². The van der Waals surface area contributed by atoms with Gasteiger partial charge in [-0.2, -0.15) is 4.57 Å². The quantitative estimate of drug-likeness (QED) is 0.368. The van der Waals surface area contributed by atoms with Crippen molar-refractivity contribution >= 4 is 11.7 Å². The number of hydrogen-bond donors (Lipinski definition) is 0. The second kappa shape index (κ2) is 9.62. The van der Waals surface area contributed by atoms with Crippen LogP contribution in [0.25, 0.3) is 5.69 Å². The second-order valence-electron chi connectivity index (χ2n) is 9.39. The molecule has 10 nitrogen and oxygen atoms in total. The predicted octanol–water partition coefficient (Wildman–Crippen LogP) is 4.03. The summed E-state index contributed by atoms with van der Waals surface area (Å²) in [5.74, 6) is 0.200. The summed E-state index contributed by atoms with van der Waals surface area (Å²) in [6.45, 7) is 3.82. The first-order chi connectivity index (χ1) is 18.3. The molecule has 1 aliphatic heterocycles. The van der Waals surface area contributed by atoms with Crippen LogP contribution in [-0.4, -0.2) is 40.0 Å². The zero-order valence-electron chi connectivity index (χ0n) is 21.5. The van der Waals surface area contributed by atoms with Gasteiger partial charge < -0.3 is 18.9 Å². The molecule has 38 heavy (non-hydrogen) atoms. The second-order valence-corrected chi connectivity index (χ2v) is 9.39. The number of carbonyl (C=O) groups excluding carboxylic acids is 1. The lowest BCUT2D eigenvalue weighted by Gasteiger charge is -2.34. The Bertz CT molecular complexity index is 1570. The molecule has 0 bridgehead atoms. The number of anilines is 1. The monoisotopic (exact) mass is 516 g/mol. The van der Waals surface area contributed by atoms with Crippen LogP contribution in [0.1, 0.15) is 25.6 Å². The molecule has 2 amide bonds. The first-order valence-corrected chi connectivity index (χ1v) is 12.1. The number of aromatic nitrogens is 2. The summed E-state index contributed by atoms with van der Waals surface area (Å²) in [5.41, 5.74) is -0.0515. The number of para-hydroxylation sites is 3. The molecule has 2 heterocycles. The van der Waals surface area contributed by atoms with Crippen LogP contribution in [0.5, 0.6) is 11.5 Å². The molecule has 196 valence electrons. The summed E-state index contributed by atoms with van der Waals surface area (Å²) in [6.07, 6.45) is -0.973. The highest BCUT2D eigenvalue weighted by molar-refractivity contribution is 5.95. The Hall–Kier alpha value is -4.73. The molecule has 1 atom stereocenters. The van der Waals surface area contributed by atoms with Gasteiger partial charge in [0.2, 0.25) is 0 Å². The lowest BCUT2D eigenvalue weighted by molar-refractivity contribution is 0.0926. The first kappa shape index (κ1) is 24.9. The Balaban J connectivity index is 1.66. The average Bonchev–Trinajstić information content (AvgIpc) is 3.32.